The highest BCUT2D eigenvalue weighted by atomic mass is 127. The van der Waals surface area contributed by atoms with Gasteiger partial charge in [0.05, 0.1) is 0 Å². The van der Waals surface area contributed by atoms with Crippen molar-refractivity contribution in [2.75, 3.05) is 0 Å². The predicted molar refractivity (Wildman–Crippen MR) is 46.0 cm³/mol. The molecule has 12 heavy (non-hydrogen) atoms. The highest BCUT2D eigenvalue weighted by Gasteiger charge is 2.18. The molecule has 0 aromatic heterocycles. The van der Waals surface area contributed by atoms with Crippen molar-refractivity contribution in [2.24, 2.45) is 0 Å². The van der Waals surface area contributed by atoms with Gasteiger partial charge in [0.2, 0.25) is 0 Å². The monoisotopic (exact) mass is 284 g/mol. The van der Waals surface area contributed by atoms with Gasteiger partial charge in [-0.15, -0.1) is 0 Å². The number of hydrogen-bond acceptors (Lipinski definition) is 1. The molecule has 0 saturated heterocycles. The molecule has 1 aromatic rings. The van der Waals surface area contributed by atoms with E-state index in [1.165, 1.54) is 6.07 Å². The molecule has 64 valence electrons. The van der Waals surface area contributed by atoms with Crippen molar-refractivity contribution in [3.8, 4) is 0 Å². The van der Waals surface area contributed by atoms with E-state index in [4.69, 9.17) is 5.11 Å². The first-order valence-corrected chi connectivity index (χ1v) is 3.98. The normalized spacial score (nSPS) is 9.92. The first-order chi connectivity index (χ1) is 5.54. The highest BCUT2D eigenvalue weighted by Crippen LogP contribution is 2.18. The summed E-state index contributed by atoms with van der Waals surface area (Å²) < 4.78 is 25.6. The molecule has 0 amide bonds. The van der Waals surface area contributed by atoms with E-state index in [1.54, 1.807) is 22.6 Å². The van der Waals surface area contributed by atoms with Crippen molar-refractivity contribution in [3.63, 3.8) is 0 Å². The van der Waals surface area contributed by atoms with Crippen molar-refractivity contribution in [1.29, 1.82) is 0 Å². The van der Waals surface area contributed by atoms with Crippen LogP contribution in [0.25, 0.3) is 0 Å². The molecule has 0 radical (unpaired) electrons. The van der Waals surface area contributed by atoms with Crippen molar-refractivity contribution < 1.29 is 18.7 Å². The second-order valence-corrected chi connectivity index (χ2v) is 3.19. The molecule has 0 aliphatic rings. The molecule has 5 heteroatoms. The third-order valence-electron chi connectivity index (χ3n) is 1.26. The summed E-state index contributed by atoms with van der Waals surface area (Å²) in [6.07, 6.45) is 0. The van der Waals surface area contributed by atoms with Crippen molar-refractivity contribution in [1.82, 2.24) is 0 Å². The van der Waals surface area contributed by atoms with Crippen molar-refractivity contribution in [3.05, 3.63) is 32.9 Å². The zero-order valence-electron chi connectivity index (χ0n) is 5.64. The van der Waals surface area contributed by atoms with Gasteiger partial charge in [0.15, 0.2) is 5.82 Å². The van der Waals surface area contributed by atoms with Gasteiger partial charge in [-0.1, -0.05) is 0 Å². The fourth-order valence-corrected chi connectivity index (χ4v) is 1.17. The lowest BCUT2D eigenvalue weighted by atomic mass is 10.2. The average molecular weight is 284 g/mol. The molecule has 1 aromatic carbocycles. The van der Waals surface area contributed by atoms with Crippen LogP contribution in [-0.2, 0) is 0 Å². The maximum atomic E-state index is 12.9. The summed E-state index contributed by atoms with van der Waals surface area (Å²) in [6.45, 7) is 0. The fourth-order valence-electron chi connectivity index (χ4n) is 0.723. The number of hydrogen-bond donors (Lipinski definition) is 1. The van der Waals surface area contributed by atoms with Crippen LogP contribution in [-0.4, -0.2) is 11.1 Å². The van der Waals surface area contributed by atoms with E-state index < -0.39 is 23.2 Å². The lowest BCUT2D eigenvalue weighted by molar-refractivity contribution is 0.0686. The molecule has 0 aliphatic carbocycles. The van der Waals surface area contributed by atoms with Crippen molar-refractivity contribution >= 4 is 28.6 Å². The van der Waals surface area contributed by atoms with Gasteiger partial charge >= 0.3 is 5.97 Å². The fraction of sp³-hybridized carbons (Fsp3) is 0. The Balaban J connectivity index is 3.43. The van der Waals surface area contributed by atoms with Crippen molar-refractivity contribution in [2.45, 2.75) is 0 Å². The van der Waals surface area contributed by atoms with Crippen LogP contribution in [0.5, 0.6) is 0 Å². The highest BCUT2D eigenvalue weighted by molar-refractivity contribution is 14.1. The summed E-state index contributed by atoms with van der Waals surface area (Å²) in [5.74, 6) is -3.67. The maximum absolute atomic E-state index is 12.9. The molecule has 0 heterocycles. The molecule has 0 fully saturated rings. The summed E-state index contributed by atoms with van der Waals surface area (Å²) in [5.41, 5.74) is -0.901. The van der Waals surface area contributed by atoms with E-state index in [2.05, 4.69) is 0 Å². The minimum atomic E-state index is -1.59. The number of benzene rings is 1. The summed E-state index contributed by atoms with van der Waals surface area (Å²) in [6, 6.07) is 2.10. The third-order valence-corrected chi connectivity index (χ3v) is 2.09. The average Bonchev–Trinajstić information content (AvgIpc) is 1.97. The summed E-state index contributed by atoms with van der Waals surface area (Å²) >= 11 is 1.59. The number of carbonyl (C=O) groups is 1. The molecular formula is C7H3F2IO2. The van der Waals surface area contributed by atoms with E-state index in [0.717, 1.165) is 6.07 Å². The SMILES string of the molecule is O=C(O)c1c(F)ccc(I)c1F. The van der Waals surface area contributed by atoms with E-state index in [0.29, 0.717) is 0 Å². The van der Waals surface area contributed by atoms with E-state index in [-0.39, 0.29) is 3.57 Å². The van der Waals surface area contributed by atoms with Crippen LogP contribution in [0.1, 0.15) is 10.4 Å². The minimum absolute atomic E-state index is 0.0893. The molecule has 0 spiro atoms. The molecule has 1 N–H and O–H groups in total. The summed E-state index contributed by atoms with van der Waals surface area (Å²) in [5, 5.41) is 8.39. The number of carboxylic acid groups (broad SMARTS) is 1. The van der Waals surface area contributed by atoms with Gasteiger partial charge in [0.25, 0.3) is 0 Å². The van der Waals surface area contributed by atoms with Crippen LogP contribution < -0.4 is 0 Å². The first-order valence-electron chi connectivity index (χ1n) is 2.91. The van der Waals surface area contributed by atoms with Gasteiger partial charge in [-0.25, -0.2) is 13.6 Å². The van der Waals surface area contributed by atoms with Crippen LogP contribution in [0.15, 0.2) is 12.1 Å². The second kappa shape index (κ2) is 3.34. The number of rotatable bonds is 1. The smallest absolute Gasteiger partial charge is 0.341 e. The first kappa shape index (κ1) is 9.37. The number of aromatic carboxylic acids is 1. The van der Waals surface area contributed by atoms with Crippen LogP contribution in [0, 0.1) is 15.2 Å². The maximum Gasteiger partial charge on any atom is 0.341 e. The van der Waals surface area contributed by atoms with Gasteiger partial charge in [-0.2, -0.15) is 0 Å². The largest absolute Gasteiger partial charge is 0.477 e. The van der Waals surface area contributed by atoms with Crippen LogP contribution in [0.4, 0.5) is 8.78 Å². The molecule has 0 unspecified atom stereocenters. The van der Waals surface area contributed by atoms with Gasteiger partial charge in [0, 0.05) is 3.57 Å². The lowest BCUT2D eigenvalue weighted by Gasteiger charge is -2.00. The standard InChI is InChI=1S/C7H3F2IO2/c8-3-1-2-4(10)6(9)5(3)7(11)12/h1-2H,(H,11,12). The van der Waals surface area contributed by atoms with Crippen LogP contribution in [0.3, 0.4) is 0 Å². The Labute approximate surface area is 80.3 Å². The Morgan fingerprint density at radius 1 is 1.42 bits per heavy atom. The van der Waals surface area contributed by atoms with E-state index >= 15 is 0 Å². The Hall–Kier alpha value is -0.720. The molecule has 0 saturated carbocycles. The zero-order valence-corrected chi connectivity index (χ0v) is 7.80. The Kier molecular flexibility index (Phi) is 2.61. The molecule has 0 bridgehead atoms. The van der Waals surface area contributed by atoms with Gasteiger partial charge in [-0.05, 0) is 34.7 Å². The van der Waals surface area contributed by atoms with E-state index in [1.807, 2.05) is 0 Å². The second-order valence-electron chi connectivity index (χ2n) is 2.02. The minimum Gasteiger partial charge on any atom is -0.477 e. The van der Waals surface area contributed by atoms with Crippen LogP contribution >= 0.6 is 22.6 Å². The zero-order chi connectivity index (χ0) is 9.30. The van der Waals surface area contributed by atoms with Crippen LogP contribution in [0.2, 0.25) is 0 Å². The molecule has 0 aliphatic heterocycles. The van der Waals surface area contributed by atoms with Gasteiger partial charge in [-0.3, -0.25) is 0 Å². The third kappa shape index (κ3) is 1.55. The molecular weight excluding hydrogens is 281 g/mol. The number of halogens is 3. The molecule has 2 nitrogen and oxygen atoms in total. The predicted octanol–water partition coefficient (Wildman–Crippen LogP) is 2.27. The topological polar surface area (TPSA) is 37.3 Å². The Bertz CT molecular complexity index is 338. The van der Waals surface area contributed by atoms with Gasteiger partial charge in [0.1, 0.15) is 11.4 Å². The number of carboxylic acids is 1. The van der Waals surface area contributed by atoms with Gasteiger partial charge < -0.3 is 5.11 Å². The molecule has 1 rings (SSSR count). The Morgan fingerprint density at radius 2 is 2.00 bits per heavy atom. The summed E-state index contributed by atoms with van der Waals surface area (Å²) in [4.78, 5) is 10.3. The summed E-state index contributed by atoms with van der Waals surface area (Å²) in [7, 11) is 0. The molecule has 0 atom stereocenters. The van der Waals surface area contributed by atoms with E-state index in [9.17, 15) is 13.6 Å². The Morgan fingerprint density at radius 3 is 2.42 bits per heavy atom. The lowest BCUT2D eigenvalue weighted by Crippen LogP contribution is -2.05. The quantitative estimate of drug-likeness (QED) is 0.634.